The van der Waals surface area contributed by atoms with Crippen LogP contribution in [-0.2, 0) is 9.53 Å². The van der Waals surface area contributed by atoms with Gasteiger partial charge in [0.05, 0.1) is 12.5 Å². The molecule has 0 bridgehead atoms. The van der Waals surface area contributed by atoms with Crippen molar-refractivity contribution in [3.05, 3.63) is 0 Å². The van der Waals surface area contributed by atoms with Gasteiger partial charge in [0, 0.05) is 5.31 Å². The van der Waals surface area contributed by atoms with E-state index in [0.29, 0.717) is 0 Å². The van der Waals surface area contributed by atoms with Crippen molar-refractivity contribution < 1.29 is 18.2 Å². The van der Waals surface area contributed by atoms with Gasteiger partial charge in [-0.3, -0.25) is 13.4 Å². The van der Waals surface area contributed by atoms with Crippen LogP contribution in [0.5, 0.6) is 0 Å². The molecule has 0 radical (unpaired) electrons. The molecular weight excluding hydrogens is 165 g/mol. The van der Waals surface area contributed by atoms with E-state index in [1.165, 1.54) is 6.92 Å². The van der Waals surface area contributed by atoms with E-state index in [1.54, 1.807) is 6.92 Å². The quantitative estimate of drug-likeness (QED) is 0.483. The predicted octanol–water partition coefficient (Wildman–Crippen LogP) is 1.76. The molecule has 1 aliphatic carbocycles. The van der Waals surface area contributed by atoms with E-state index < -0.39 is 24.5 Å². The topological polar surface area (TPSA) is 26.3 Å². The summed E-state index contributed by atoms with van der Waals surface area (Å²) in [6.45, 7) is 3.34. The summed E-state index contributed by atoms with van der Waals surface area (Å²) >= 11 is 0. The number of halogens is 2. The molecule has 1 aliphatic rings. The summed E-state index contributed by atoms with van der Waals surface area (Å²) in [5.41, 5.74) is 0. The molecule has 0 amide bonds. The molecule has 2 atom stereocenters. The summed E-state index contributed by atoms with van der Waals surface area (Å²) < 4.78 is 29.1. The van der Waals surface area contributed by atoms with Gasteiger partial charge in [-0.25, -0.2) is 0 Å². The van der Waals surface area contributed by atoms with Crippen molar-refractivity contribution in [3.8, 4) is 0 Å². The first kappa shape index (κ1) is 9.48. The number of carbonyl (C=O) groups is 1. The molecule has 0 aromatic heterocycles. The molecule has 0 N–H and O–H groups in total. The van der Waals surface area contributed by atoms with Gasteiger partial charge in [0.2, 0.25) is 0 Å². The fourth-order valence-electron chi connectivity index (χ4n) is 1.22. The first-order chi connectivity index (χ1) is 5.52. The first-order valence-corrected chi connectivity index (χ1v) is 3.97. The maximum absolute atomic E-state index is 12.2. The molecule has 0 spiro atoms. The van der Waals surface area contributed by atoms with Crippen molar-refractivity contribution in [3.63, 3.8) is 0 Å². The third kappa shape index (κ3) is 1.45. The van der Waals surface area contributed by atoms with E-state index in [2.05, 4.69) is 4.74 Å². The fraction of sp³-hybridized carbons (Fsp3) is 0.857. The zero-order valence-electron chi connectivity index (χ0n) is 7.14. The highest BCUT2D eigenvalue weighted by molar-refractivity contribution is 6.49. The van der Waals surface area contributed by atoms with E-state index in [4.69, 9.17) is 0 Å². The van der Waals surface area contributed by atoms with Gasteiger partial charge in [0.1, 0.15) is 0 Å². The van der Waals surface area contributed by atoms with Crippen LogP contribution in [0.2, 0.25) is 5.31 Å². The molecule has 1 rings (SSSR count). The Hall–Kier alpha value is -0.605. The van der Waals surface area contributed by atoms with Gasteiger partial charge in [-0.1, -0.05) is 6.92 Å². The van der Waals surface area contributed by atoms with Gasteiger partial charge >= 0.3 is 13.2 Å². The normalized spacial score (nSPS) is 32.8. The number of esters is 1. The summed E-state index contributed by atoms with van der Waals surface area (Å²) in [4.78, 5) is 11.0. The highest BCUT2D eigenvalue weighted by Gasteiger charge is 2.64. The van der Waals surface area contributed by atoms with E-state index in [9.17, 15) is 13.4 Å². The second kappa shape index (κ2) is 3.03. The predicted molar refractivity (Wildman–Crippen MR) is 41.1 cm³/mol. The lowest BCUT2D eigenvalue weighted by atomic mass is 9.74. The molecule has 2 nitrogen and oxygen atoms in total. The molecule has 0 aromatic rings. The molecule has 5 heteroatoms. The summed E-state index contributed by atoms with van der Waals surface area (Å²) in [7, 11) is -2.42. The monoisotopic (exact) mass is 176 g/mol. The summed E-state index contributed by atoms with van der Waals surface area (Å²) in [5.74, 6) is -1.07. The van der Waals surface area contributed by atoms with Gasteiger partial charge in [-0.2, -0.15) is 0 Å². The minimum Gasteiger partial charge on any atom is -0.466 e. The number of hydrogen-bond donors (Lipinski definition) is 0. The van der Waals surface area contributed by atoms with Crippen LogP contribution < -0.4 is 0 Å². The van der Waals surface area contributed by atoms with Crippen LogP contribution in [0.4, 0.5) is 8.63 Å². The van der Waals surface area contributed by atoms with Crippen LogP contribution in [-0.4, -0.2) is 19.8 Å². The van der Waals surface area contributed by atoms with E-state index in [-0.39, 0.29) is 13.0 Å². The minimum absolute atomic E-state index is 0.253. The molecule has 1 fully saturated rings. The van der Waals surface area contributed by atoms with E-state index in [0.717, 1.165) is 0 Å². The second-order valence-electron chi connectivity index (χ2n) is 3.32. The third-order valence-electron chi connectivity index (χ3n) is 2.35. The SMILES string of the molecule is CCOC(=O)[C@H]1C[C@]1(C)B(F)F. The average molecular weight is 176 g/mol. The largest absolute Gasteiger partial charge is 0.544 e. The van der Waals surface area contributed by atoms with Gasteiger partial charge in [-0.15, -0.1) is 0 Å². The fourth-order valence-corrected chi connectivity index (χ4v) is 1.22. The zero-order valence-corrected chi connectivity index (χ0v) is 7.14. The number of ether oxygens (including phenoxy) is 1. The second-order valence-corrected chi connectivity index (χ2v) is 3.32. The van der Waals surface area contributed by atoms with Crippen LogP contribution in [0.3, 0.4) is 0 Å². The first-order valence-electron chi connectivity index (χ1n) is 3.97. The molecule has 0 aromatic carbocycles. The Morgan fingerprint density at radius 3 is 2.67 bits per heavy atom. The Morgan fingerprint density at radius 2 is 2.33 bits per heavy atom. The summed E-state index contributed by atoms with van der Waals surface area (Å²) in [6, 6.07) is 0. The summed E-state index contributed by atoms with van der Waals surface area (Å²) in [5, 5.41) is -1.12. The highest BCUT2D eigenvalue weighted by Crippen LogP contribution is 2.62. The Kier molecular flexibility index (Phi) is 2.40. The molecule has 68 valence electrons. The van der Waals surface area contributed by atoms with Crippen molar-refractivity contribution in [2.24, 2.45) is 5.92 Å². The molecule has 1 saturated carbocycles. The lowest BCUT2D eigenvalue weighted by Crippen LogP contribution is -2.15. The molecule has 0 heterocycles. The maximum Gasteiger partial charge on any atom is 0.544 e. The van der Waals surface area contributed by atoms with E-state index >= 15 is 0 Å². The molecular formula is C7H11BF2O2. The van der Waals surface area contributed by atoms with Crippen LogP contribution in [0.25, 0.3) is 0 Å². The smallest absolute Gasteiger partial charge is 0.466 e. The number of carbonyl (C=O) groups excluding carboxylic acids is 1. The number of hydrogen-bond acceptors (Lipinski definition) is 2. The van der Waals surface area contributed by atoms with Crippen LogP contribution in [0.1, 0.15) is 20.3 Å². The standard InChI is InChI=1S/C7H11BF2O2/c1-3-12-6(11)5-4-7(5,2)8(9)10/h5H,3-4H2,1-2H3/t5-,7+/m1/s1. The van der Waals surface area contributed by atoms with Crippen LogP contribution in [0, 0.1) is 5.92 Å². The molecule has 0 aliphatic heterocycles. The Balaban J connectivity index is 2.45. The van der Waals surface area contributed by atoms with Crippen molar-refractivity contribution in [2.75, 3.05) is 6.61 Å². The van der Waals surface area contributed by atoms with Crippen molar-refractivity contribution in [2.45, 2.75) is 25.6 Å². The zero-order chi connectivity index (χ0) is 9.35. The van der Waals surface area contributed by atoms with Gasteiger partial charge < -0.3 is 4.74 Å². The van der Waals surface area contributed by atoms with Gasteiger partial charge in [-0.05, 0) is 13.3 Å². The Labute approximate surface area is 70.5 Å². The van der Waals surface area contributed by atoms with Crippen LogP contribution in [0.15, 0.2) is 0 Å². The van der Waals surface area contributed by atoms with Crippen molar-refractivity contribution >= 4 is 13.2 Å². The van der Waals surface area contributed by atoms with Gasteiger partial charge in [0.15, 0.2) is 0 Å². The maximum atomic E-state index is 12.2. The van der Waals surface area contributed by atoms with Crippen molar-refractivity contribution in [1.29, 1.82) is 0 Å². The highest BCUT2D eigenvalue weighted by atomic mass is 19.2. The van der Waals surface area contributed by atoms with Crippen LogP contribution >= 0.6 is 0 Å². The number of rotatable bonds is 3. The average Bonchev–Trinajstić information content (AvgIpc) is 2.65. The Morgan fingerprint density at radius 1 is 1.75 bits per heavy atom. The van der Waals surface area contributed by atoms with E-state index in [1.807, 2.05) is 0 Å². The lowest BCUT2D eigenvalue weighted by Gasteiger charge is -2.05. The molecule has 12 heavy (non-hydrogen) atoms. The lowest BCUT2D eigenvalue weighted by molar-refractivity contribution is -0.144. The molecule has 0 unspecified atom stereocenters. The third-order valence-corrected chi connectivity index (χ3v) is 2.35. The Bertz CT molecular complexity index is 198. The van der Waals surface area contributed by atoms with Crippen molar-refractivity contribution in [1.82, 2.24) is 0 Å². The molecule has 0 saturated heterocycles. The minimum atomic E-state index is -2.42. The van der Waals surface area contributed by atoms with Gasteiger partial charge in [0.25, 0.3) is 0 Å². The summed E-state index contributed by atoms with van der Waals surface area (Å²) in [6.07, 6.45) is 0.253.